The minimum atomic E-state index is -0.309. The van der Waals surface area contributed by atoms with Crippen LogP contribution in [-0.4, -0.2) is 9.97 Å². The number of halogens is 2. The third kappa shape index (κ3) is 3.40. The van der Waals surface area contributed by atoms with E-state index in [4.69, 9.17) is 9.97 Å². The molecule has 1 aromatic heterocycles. The molecule has 1 atom stereocenters. The first-order chi connectivity index (χ1) is 11.7. The monoisotopic (exact) mass is 352 g/mol. The second-order valence-corrected chi connectivity index (χ2v) is 5.42. The van der Waals surface area contributed by atoms with Crippen LogP contribution in [0.15, 0.2) is 72.8 Å². The van der Waals surface area contributed by atoms with E-state index in [1.165, 1.54) is 24.3 Å². The van der Waals surface area contributed by atoms with Crippen molar-refractivity contribution in [1.82, 2.24) is 9.97 Å². The number of nitrogens with zero attached hydrogens (tertiary/aromatic N) is 2. The molecule has 0 aliphatic carbocycles. The van der Waals surface area contributed by atoms with Gasteiger partial charge in [0.2, 0.25) is 0 Å². The first-order valence-electron chi connectivity index (χ1n) is 7.49. The van der Waals surface area contributed by atoms with Crippen molar-refractivity contribution in [3.8, 4) is 22.5 Å². The zero-order chi connectivity index (χ0) is 16.5. The van der Waals surface area contributed by atoms with E-state index in [2.05, 4.69) is 0 Å². The number of para-hydroxylation sites is 2. The number of rotatable bonds is 2. The fourth-order valence-corrected chi connectivity index (χ4v) is 2.62. The van der Waals surface area contributed by atoms with Gasteiger partial charge in [0, 0.05) is 11.1 Å². The quantitative estimate of drug-likeness (QED) is 0.458. The normalized spacial score (nSPS) is 10.5. The predicted molar refractivity (Wildman–Crippen MR) is 101 cm³/mol. The van der Waals surface area contributed by atoms with E-state index in [0.717, 1.165) is 22.2 Å². The Morgan fingerprint density at radius 2 is 0.880 bits per heavy atom. The average molecular weight is 352 g/mol. The first kappa shape index (κ1) is 17.1. The van der Waals surface area contributed by atoms with Gasteiger partial charge in [0.1, 0.15) is 11.6 Å². The van der Waals surface area contributed by atoms with Crippen LogP contribution in [-0.2, 0) is 0 Å². The van der Waals surface area contributed by atoms with Crippen LogP contribution in [0.4, 0.5) is 8.78 Å². The van der Waals surface area contributed by atoms with Gasteiger partial charge in [-0.1, -0.05) is 12.1 Å². The summed E-state index contributed by atoms with van der Waals surface area (Å²) in [6, 6.07) is 19.8. The largest absolute Gasteiger partial charge is 0.244 e. The molecule has 0 N–H and O–H groups in total. The summed E-state index contributed by atoms with van der Waals surface area (Å²) >= 11 is 0. The van der Waals surface area contributed by atoms with Gasteiger partial charge in [0.05, 0.1) is 22.4 Å². The Labute approximate surface area is 147 Å². The summed E-state index contributed by atoms with van der Waals surface area (Å²) < 4.78 is 26.5. The number of hydrogen-bond acceptors (Lipinski definition) is 2. The Hall–Kier alpha value is -2.71. The molecule has 0 fully saturated rings. The molecule has 4 aromatic rings. The molecule has 0 aliphatic rings. The van der Waals surface area contributed by atoms with E-state index < -0.39 is 0 Å². The SMILES string of the molecule is Fc1ccc(-c2nc3ccccc3nc2-c2ccc(F)cc2)cc1.P. The van der Waals surface area contributed by atoms with E-state index in [9.17, 15) is 8.78 Å². The zero-order valence-electron chi connectivity index (χ0n) is 13.3. The average Bonchev–Trinajstić information content (AvgIpc) is 2.62. The summed E-state index contributed by atoms with van der Waals surface area (Å²) in [5, 5.41) is 0. The van der Waals surface area contributed by atoms with Crippen LogP contribution in [0.2, 0.25) is 0 Å². The number of aromatic nitrogens is 2. The highest BCUT2D eigenvalue weighted by Gasteiger charge is 2.13. The molecule has 25 heavy (non-hydrogen) atoms. The fraction of sp³-hybridized carbons (Fsp3) is 0. The molecule has 0 aliphatic heterocycles. The lowest BCUT2D eigenvalue weighted by Gasteiger charge is -2.10. The lowest BCUT2D eigenvalue weighted by atomic mass is 10.0. The van der Waals surface area contributed by atoms with Crippen molar-refractivity contribution in [3.63, 3.8) is 0 Å². The summed E-state index contributed by atoms with van der Waals surface area (Å²) in [6.45, 7) is 0. The summed E-state index contributed by atoms with van der Waals surface area (Å²) in [4.78, 5) is 9.39. The van der Waals surface area contributed by atoms with Crippen LogP contribution >= 0.6 is 9.90 Å². The second kappa shape index (κ2) is 7.04. The van der Waals surface area contributed by atoms with E-state index in [1.807, 2.05) is 24.3 Å². The Morgan fingerprint density at radius 1 is 0.520 bits per heavy atom. The van der Waals surface area contributed by atoms with Crippen LogP contribution in [0.1, 0.15) is 0 Å². The molecule has 3 aromatic carbocycles. The van der Waals surface area contributed by atoms with Crippen LogP contribution in [0, 0.1) is 11.6 Å². The van der Waals surface area contributed by atoms with Crippen molar-refractivity contribution in [2.24, 2.45) is 0 Å². The number of fused-ring (bicyclic) bond motifs is 1. The van der Waals surface area contributed by atoms with Crippen LogP contribution in [0.3, 0.4) is 0 Å². The molecular formula is C20H15F2N2P. The smallest absolute Gasteiger partial charge is 0.123 e. The van der Waals surface area contributed by atoms with Crippen molar-refractivity contribution in [1.29, 1.82) is 0 Å². The molecule has 0 bridgehead atoms. The number of benzene rings is 3. The highest BCUT2D eigenvalue weighted by atomic mass is 31.0. The van der Waals surface area contributed by atoms with Crippen molar-refractivity contribution in [2.45, 2.75) is 0 Å². The Balaban J connectivity index is 0.00000182. The maximum absolute atomic E-state index is 13.2. The van der Waals surface area contributed by atoms with E-state index in [-0.39, 0.29) is 21.5 Å². The minimum absolute atomic E-state index is 0. The summed E-state index contributed by atoms with van der Waals surface area (Å²) in [6.07, 6.45) is 0. The van der Waals surface area contributed by atoms with Gasteiger partial charge in [-0.25, -0.2) is 18.7 Å². The maximum Gasteiger partial charge on any atom is 0.123 e. The van der Waals surface area contributed by atoms with Crippen molar-refractivity contribution < 1.29 is 8.78 Å². The molecule has 0 spiro atoms. The van der Waals surface area contributed by atoms with Gasteiger partial charge in [-0.2, -0.15) is 9.90 Å². The zero-order valence-corrected chi connectivity index (χ0v) is 14.7. The lowest BCUT2D eigenvalue weighted by Crippen LogP contribution is -1.95. The van der Waals surface area contributed by atoms with Crippen LogP contribution in [0.5, 0.6) is 0 Å². The van der Waals surface area contributed by atoms with Gasteiger partial charge in [-0.05, 0) is 60.7 Å². The van der Waals surface area contributed by atoms with Gasteiger partial charge in [0.25, 0.3) is 0 Å². The Kier molecular flexibility index (Phi) is 4.82. The molecule has 0 amide bonds. The second-order valence-electron chi connectivity index (χ2n) is 5.42. The maximum atomic E-state index is 13.2. The highest BCUT2D eigenvalue weighted by molar-refractivity contribution is 6.92. The third-order valence-electron chi connectivity index (χ3n) is 3.81. The summed E-state index contributed by atoms with van der Waals surface area (Å²) in [7, 11) is 0. The summed E-state index contributed by atoms with van der Waals surface area (Å²) in [5.74, 6) is -0.619. The minimum Gasteiger partial charge on any atom is -0.244 e. The Bertz CT molecular complexity index is 932. The van der Waals surface area contributed by atoms with E-state index >= 15 is 0 Å². The molecule has 0 saturated carbocycles. The molecule has 1 heterocycles. The predicted octanol–water partition coefficient (Wildman–Crippen LogP) is 5.30. The van der Waals surface area contributed by atoms with Gasteiger partial charge >= 0.3 is 0 Å². The van der Waals surface area contributed by atoms with Gasteiger partial charge in [-0.3, -0.25) is 0 Å². The third-order valence-corrected chi connectivity index (χ3v) is 3.81. The molecule has 5 heteroatoms. The molecule has 0 radical (unpaired) electrons. The van der Waals surface area contributed by atoms with Crippen molar-refractivity contribution >= 4 is 20.9 Å². The fourth-order valence-electron chi connectivity index (χ4n) is 2.62. The molecule has 124 valence electrons. The van der Waals surface area contributed by atoms with Crippen LogP contribution < -0.4 is 0 Å². The van der Waals surface area contributed by atoms with E-state index in [0.29, 0.717) is 11.4 Å². The molecule has 4 rings (SSSR count). The van der Waals surface area contributed by atoms with Gasteiger partial charge in [0.15, 0.2) is 0 Å². The molecular weight excluding hydrogens is 337 g/mol. The van der Waals surface area contributed by atoms with Gasteiger partial charge in [-0.15, -0.1) is 0 Å². The number of hydrogen-bond donors (Lipinski definition) is 0. The lowest BCUT2D eigenvalue weighted by molar-refractivity contribution is 0.627. The topological polar surface area (TPSA) is 25.8 Å². The molecule has 2 nitrogen and oxygen atoms in total. The van der Waals surface area contributed by atoms with Crippen molar-refractivity contribution in [3.05, 3.63) is 84.4 Å². The Morgan fingerprint density at radius 3 is 1.24 bits per heavy atom. The summed E-state index contributed by atoms with van der Waals surface area (Å²) in [5.41, 5.74) is 4.30. The highest BCUT2D eigenvalue weighted by Crippen LogP contribution is 2.31. The molecule has 1 unspecified atom stereocenters. The standard InChI is InChI=1S/C20H12F2N2.H3P/c21-15-9-5-13(6-10-15)19-20(14-7-11-16(22)12-8-14)24-18-4-2-1-3-17(18)23-19;/h1-12H;1H3. The molecule has 0 saturated heterocycles. The van der Waals surface area contributed by atoms with Crippen LogP contribution in [0.25, 0.3) is 33.5 Å². The van der Waals surface area contributed by atoms with Crippen molar-refractivity contribution in [2.75, 3.05) is 0 Å². The van der Waals surface area contributed by atoms with Gasteiger partial charge < -0.3 is 0 Å². The van der Waals surface area contributed by atoms with E-state index in [1.54, 1.807) is 24.3 Å². The first-order valence-corrected chi connectivity index (χ1v) is 7.49.